The minimum Gasteiger partial charge on any atom is -0.452 e. The van der Waals surface area contributed by atoms with Gasteiger partial charge in [-0.1, -0.05) is 35.9 Å². The predicted molar refractivity (Wildman–Crippen MR) is 112 cm³/mol. The Morgan fingerprint density at radius 3 is 2.48 bits per heavy atom. The van der Waals surface area contributed by atoms with Crippen LogP contribution in [-0.4, -0.2) is 41.9 Å². The Labute approximate surface area is 174 Å². The minimum atomic E-state index is -0.848. The van der Waals surface area contributed by atoms with Crippen molar-refractivity contribution < 1.29 is 19.1 Å². The molecule has 0 aliphatic carbocycles. The first-order valence-corrected chi connectivity index (χ1v) is 10.7. The molecule has 1 N–H and O–H groups in total. The lowest BCUT2D eigenvalue weighted by Gasteiger charge is -2.31. The third kappa shape index (κ3) is 5.67. The number of carbonyl (C=O) groups excluding carboxylic acids is 3. The second-order valence-corrected chi connectivity index (χ2v) is 8.27. The van der Waals surface area contributed by atoms with E-state index in [-0.39, 0.29) is 23.7 Å². The van der Waals surface area contributed by atoms with Crippen molar-refractivity contribution in [3.8, 4) is 0 Å². The van der Waals surface area contributed by atoms with E-state index in [4.69, 9.17) is 4.74 Å². The van der Waals surface area contributed by atoms with Gasteiger partial charge in [-0.05, 0) is 43.7 Å². The number of esters is 1. The van der Waals surface area contributed by atoms with Crippen LogP contribution >= 0.6 is 11.3 Å². The van der Waals surface area contributed by atoms with E-state index in [1.54, 1.807) is 11.8 Å². The highest BCUT2D eigenvalue weighted by molar-refractivity contribution is 7.12. The minimum absolute atomic E-state index is 0.00988. The van der Waals surface area contributed by atoms with Gasteiger partial charge < -0.3 is 15.0 Å². The lowest BCUT2D eigenvalue weighted by molar-refractivity contribution is -0.160. The number of hydrogen-bond acceptors (Lipinski definition) is 5. The summed E-state index contributed by atoms with van der Waals surface area (Å²) in [4.78, 5) is 39.5. The summed E-state index contributed by atoms with van der Waals surface area (Å²) in [6.45, 7) is 5.02. The number of ether oxygens (including phenoxy) is 1. The summed E-state index contributed by atoms with van der Waals surface area (Å²) >= 11 is 1.42. The van der Waals surface area contributed by atoms with Crippen LogP contribution in [0.2, 0.25) is 0 Å². The molecule has 0 radical (unpaired) electrons. The van der Waals surface area contributed by atoms with Gasteiger partial charge in [0.1, 0.15) is 0 Å². The maximum Gasteiger partial charge on any atom is 0.309 e. The Kier molecular flexibility index (Phi) is 7.04. The summed E-state index contributed by atoms with van der Waals surface area (Å²) < 4.78 is 5.37. The predicted octanol–water partition coefficient (Wildman–Crippen LogP) is 3.16. The number of nitrogens with one attached hydrogen (secondary N) is 1. The lowest BCUT2D eigenvalue weighted by atomic mass is 9.97. The molecule has 1 fully saturated rings. The molecule has 29 heavy (non-hydrogen) atoms. The molecule has 1 saturated heterocycles. The topological polar surface area (TPSA) is 75.7 Å². The highest BCUT2D eigenvalue weighted by atomic mass is 32.1. The average molecular weight is 415 g/mol. The Balaban J connectivity index is 1.42. The van der Waals surface area contributed by atoms with E-state index < -0.39 is 6.10 Å². The zero-order valence-electron chi connectivity index (χ0n) is 16.7. The summed E-state index contributed by atoms with van der Waals surface area (Å²) in [5, 5.41) is 4.67. The van der Waals surface area contributed by atoms with Crippen molar-refractivity contribution in [1.82, 2.24) is 10.2 Å². The number of piperidine rings is 1. The normalized spacial score (nSPS) is 15.6. The number of nitrogens with zero attached hydrogens (tertiary/aromatic N) is 1. The van der Waals surface area contributed by atoms with Gasteiger partial charge in [0.2, 0.25) is 0 Å². The Morgan fingerprint density at radius 2 is 1.86 bits per heavy atom. The van der Waals surface area contributed by atoms with E-state index in [2.05, 4.69) is 5.32 Å². The van der Waals surface area contributed by atoms with Crippen LogP contribution in [0.25, 0.3) is 0 Å². The standard InChI is InChI=1S/C22H26N2O4S/c1-15-5-7-17(8-6-15)14-23-20(25)16(2)28-22(27)18-9-11-24(12-10-18)21(26)19-4-3-13-29-19/h3-8,13,16,18H,9-12,14H2,1-2H3,(H,23,25). The molecule has 2 heterocycles. The van der Waals surface area contributed by atoms with E-state index in [9.17, 15) is 14.4 Å². The van der Waals surface area contributed by atoms with Crippen LogP contribution < -0.4 is 5.32 Å². The second kappa shape index (κ2) is 9.69. The van der Waals surface area contributed by atoms with Gasteiger partial charge in [0, 0.05) is 19.6 Å². The van der Waals surface area contributed by atoms with Crippen LogP contribution in [0, 0.1) is 12.8 Å². The summed E-state index contributed by atoms with van der Waals surface area (Å²) in [6.07, 6.45) is 0.250. The average Bonchev–Trinajstić information content (AvgIpc) is 3.27. The Morgan fingerprint density at radius 1 is 1.17 bits per heavy atom. The molecule has 2 aromatic rings. The van der Waals surface area contributed by atoms with Gasteiger partial charge in [-0.2, -0.15) is 0 Å². The van der Waals surface area contributed by atoms with Crippen molar-refractivity contribution in [1.29, 1.82) is 0 Å². The molecule has 0 bridgehead atoms. The first kappa shape index (κ1) is 21.0. The molecule has 1 aromatic carbocycles. The van der Waals surface area contributed by atoms with Crippen molar-refractivity contribution in [3.05, 3.63) is 57.8 Å². The van der Waals surface area contributed by atoms with Gasteiger partial charge in [0.05, 0.1) is 10.8 Å². The molecule has 1 atom stereocenters. The van der Waals surface area contributed by atoms with E-state index in [0.717, 1.165) is 11.1 Å². The molecule has 3 rings (SSSR count). The Hall–Kier alpha value is -2.67. The van der Waals surface area contributed by atoms with Crippen LogP contribution in [0.5, 0.6) is 0 Å². The molecule has 1 aliphatic rings. The number of likely N-dealkylation sites (tertiary alicyclic amines) is 1. The molecule has 1 aromatic heterocycles. The third-order valence-corrected chi connectivity index (χ3v) is 5.95. The van der Waals surface area contributed by atoms with Gasteiger partial charge in [-0.3, -0.25) is 14.4 Å². The molecule has 6 nitrogen and oxygen atoms in total. The molecule has 154 valence electrons. The van der Waals surface area contributed by atoms with Crippen LogP contribution in [0.15, 0.2) is 41.8 Å². The maximum absolute atomic E-state index is 12.4. The second-order valence-electron chi connectivity index (χ2n) is 7.33. The molecular weight excluding hydrogens is 388 g/mol. The number of thiophene rings is 1. The Bertz CT molecular complexity index is 840. The molecular formula is C22H26N2O4S. The molecule has 0 spiro atoms. The first-order chi connectivity index (χ1) is 13.9. The molecule has 2 amide bonds. The lowest BCUT2D eigenvalue weighted by Crippen LogP contribution is -2.42. The van der Waals surface area contributed by atoms with Crippen LogP contribution in [0.1, 0.15) is 40.6 Å². The van der Waals surface area contributed by atoms with Gasteiger partial charge >= 0.3 is 5.97 Å². The highest BCUT2D eigenvalue weighted by Crippen LogP contribution is 2.22. The van der Waals surface area contributed by atoms with Crippen molar-refractivity contribution in [2.24, 2.45) is 5.92 Å². The van der Waals surface area contributed by atoms with E-state index >= 15 is 0 Å². The number of rotatable bonds is 6. The number of carbonyl (C=O) groups is 3. The zero-order chi connectivity index (χ0) is 20.8. The van der Waals surface area contributed by atoms with Crippen LogP contribution in [0.3, 0.4) is 0 Å². The van der Waals surface area contributed by atoms with Gasteiger partial charge in [-0.25, -0.2) is 0 Å². The highest BCUT2D eigenvalue weighted by Gasteiger charge is 2.30. The quantitative estimate of drug-likeness (QED) is 0.737. The number of hydrogen-bond donors (Lipinski definition) is 1. The third-order valence-electron chi connectivity index (χ3n) is 5.10. The largest absolute Gasteiger partial charge is 0.452 e. The number of benzene rings is 1. The SMILES string of the molecule is Cc1ccc(CNC(=O)C(C)OC(=O)C2CCN(C(=O)c3cccs3)CC2)cc1. The fourth-order valence-electron chi connectivity index (χ4n) is 3.24. The monoisotopic (exact) mass is 414 g/mol. The first-order valence-electron chi connectivity index (χ1n) is 9.80. The zero-order valence-corrected chi connectivity index (χ0v) is 17.5. The van der Waals surface area contributed by atoms with Crippen molar-refractivity contribution in [2.45, 2.75) is 39.3 Å². The van der Waals surface area contributed by atoms with Gasteiger partial charge in [0.15, 0.2) is 6.10 Å². The van der Waals surface area contributed by atoms with Crippen molar-refractivity contribution in [2.75, 3.05) is 13.1 Å². The summed E-state index contributed by atoms with van der Waals surface area (Å²) in [7, 11) is 0. The van der Waals surface area contributed by atoms with Gasteiger partial charge in [0.25, 0.3) is 11.8 Å². The van der Waals surface area contributed by atoms with Crippen molar-refractivity contribution >= 4 is 29.1 Å². The van der Waals surface area contributed by atoms with Crippen LogP contribution in [0.4, 0.5) is 0 Å². The van der Waals surface area contributed by atoms with Gasteiger partial charge in [-0.15, -0.1) is 11.3 Å². The molecule has 0 saturated carbocycles. The van der Waals surface area contributed by atoms with E-state index in [1.807, 2.05) is 48.7 Å². The van der Waals surface area contributed by atoms with E-state index in [1.165, 1.54) is 11.3 Å². The van der Waals surface area contributed by atoms with Crippen LogP contribution in [-0.2, 0) is 20.9 Å². The maximum atomic E-state index is 12.4. The fourth-order valence-corrected chi connectivity index (χ4v) is 3.93. The number of aryl methyl sites for hydroxylation is 1. The molecule has 1 aliphatic heterocycles. The number of amides is 2. The summed E-state index contributed by atoms with van der Waals surface area (Å²) in [6, 6.07) is 11.5. The van der Waals surface area contributed by atoms with Crippen molar-refractivity contribution in [3.63, 3.8) is 0 Å². The molecule has 7 heteroatoms. The smallest absolute Gasteiger partial charge is 0.309 e. The van der Waals surface area contributed by atoms with E-state index in [0.29, 0.717) is 37.4 Å². The fraction of sp³-hybridized carbons (Fsp3) is 0.409. The summed E-state index contributed by atoms with van der Waals surface area (Å²) in [5.74, 6) is -0.958. The summed E-state index contributed by atoms with van der Waals surface area (Å²) in [5.41, 5.74) is 2.15. The molecule has 1 unspecified atom stereocenters.